The van der Waals surface area contributed by atoms with Crippen LogP contribution in [0, 0.1) is 5.82 Å². The molecule has 0 amide bonds. The maximum Gasteiger partial charge on any atom is 0.125 e. The molecule has 118 valence electrons. The SMILES string of the molecule is CNCc1ccc(C2Nc3cc(F)cc4c3=C2CCNC=4)cc1. The van der Waals surface area contributed by atoms with Crippen LogP contribution in [-0.2, 0) is 6.54 Å². The Labute approximate surface area is 134 Å². The number of hydrogen-bond donors (Lipinski definition) is 3. The van der Waals surface area contributed by atoms with Crippen molar-refractivity contribution >= 4 is 17.5 Å². The van der Waals surface area contributed by atoms with E-state index in [1.807, 2.05) is 13.2 Å². The van der Waals surface area contributed by atoms with Crippen molar-refractivity contribution in [3.8, 4) is 0 Å². The molecule has 0 saturated heterocycles. The highest BCUT2D eigenvalue weighted by atomic mass is 19.1. The molecule has 3 nitrogen and oxygen atoms in total. The van der Waals surface area contributed by atoms with Gasteiger partial charge in [-0.05, 0) is 42.3 Å². The summed E-state index contributed by atoms with van der Waals surface area (Å²) < 4.78 is 13.9. The first-order chi connectivity index (χ1) is 11.3. The molecule has 23 heavy (non-hydrogen) atoms. The first-order valence-corrected chi connectivity index (χ1v) is 8.02. The molecule has 2 aliphatic rings. The predicted octanol–water partition coefficient (Wildman–Crippen LogP) is 1.59. The molecule has 4 heteroatoms. The Morgan fingerprint density at radius 2 is 2.04 bits per heavy atom. The predicted molar refractivity (Wildman–Crippen MR) is 91.7 cm³/mol. The number of rotatable bonds is 3. The Hall–Kier alpha value is -2.33. The molecule has 2 aromatic carbocycles. The fourth-order valence-electron chi connectivity index (χ4n) is 3.58. The van der Waals surface area contributed by atoms with Crippen molar-refractivity contribution < 1.29 is 4.39 Å². The van der Waals surface area contributed by atoms with Crippen molar-refractivity contribution in [3.05, 3.63) is 63.8 Å². The molecule has 1 unspecified atom stereocenters. The zero-order valence-electron chi connectivity index (χ0n) is 13.1. The number of benzene rings is 2. The maximum atomic E-state index is 13.9. The summed E-state index contributed by atoms with van der Waals surface area (Å²) in [4.78, 5) is 0. The average Bonchev–Trinajstić information content (AvgIpc) is 2.77. The molecular formula is C19H20FN3. The highest BCUT2D eigenvalue weighted by Crippen LogP contribution is 2.32. The van der Waals surface area contributed by atoms with Gasteiger partial charge in [-0.1, -0.05) is 24.3 Å². The fraction of sp³-hybridized carbons (Fsp3) is 0.263. The van der Waals surface area contributed by atoms with Crippen LogP contribution in [0.25, 0.3) is 11.8 Å². The van der Waals surface area contributed by atoms with E-state index in [4.69, 9.17) is 0 Å². The molecule has 3 N–H and O–H groups in total. The number of nitrogens with one attached hydrogen (secondary N) is 3. The Balaban J connectivity index is 1.80. The number of anilines is 1. The molecule has 0 radical (unpaired) electrons. The van der Waals surface area contributed by atoms with E-state index in [0.717, 1.165) is 30.4 Å². The summed E-state index contributed by atoms with van der Waals surface area (Å²) in [7, 11) is 1.95. The second kappa shape index (κ2) is 5.70. The van der Waals surface area contributed by atoms with Gasteiger partial charge in [0, 0.05) is 35.4 Å². The minimum Gasteiger partial charge on any atom is -0.390 e. The molecule has 0 aromatic heterocycles. The third-order valence-electron chi connectivity index (χ3n) is 4.59. The minimum atomic E-state index is -0.199. The molecule has 0 bridgehead atoms. The van der Waals surface area contributed by atoms with Crippen LogP contribution >= 0.6 is 0 Å². The van der Waals surface area contributed by atoms with Crippen molar-refractivity contribution in [1.29, 1.82) is 0 Å². The topological polar surface area (TPSA) is 36.1 Å². The standard InChI is InChI=1S/C19H20FN3/c1-21-10-12-2-4-13(5-3-12)19-16-6-7-22-11-14-8-15(20)9-17(23-19)18(14)16/h2-5,8-9,11,19,21-23H,6-7,10H2,1H3. The lowest BCUT2D eigenvalue weighted by Gasteiger charge is -2.18. The summed E-state index contributed by atoms with van der Waals surface area (Å²) in [5.74, 6) is -0.199. The van der Waals surface area contributed by atoms with Gasteiger partial charge in [0.2, 0.25) is 0 Å². The van der Waals surface area contributed by atoms with E-state index in [1.165, 1.54) is 21.9 Å². The third kappa shape index (κ3) is 2.49. The summed E-state index contributed by atoms with van der Waals surface area (Å²) in [6.07, 6.45) is 2.88. The van der Waals surface area contributed by atoms with Gasteiger partial charge in [0.05, 0.1) is 6.04 Å². The quantitative estimate of drug-likeness (QED) is 0.806. The molecule has 0 fully saturated rings. The van der Waals surface area contributed by atoms with E-state index < -0.39 is 0 Å². The lowest BCUT2D eigenvalue weighted by molar-refractivity contribution is 0.626. The van der Waals surface area contributed by atoms with Crippen molar-refractivity contribution in [3.63, 3.8) is 0 Å². The van der Waals surface area contributed by atoms with Gasteiger partial charge in [-0.15, -0.1) is 0 Å². The Morgan fingerprint density at radius 3 is 2.83 bits per heavy atom. The number of halogens is 1. The van der Waals surface area contributed by atoms with E-state index in [1.54, 1.807) is 12.1 Å². The van der Waals surface area contributed by atoms with Gasteiger partial charge in [0.25, 0.3) is 0 Å². The van der Waals surface area contributed by atoms with Crippen LogP contribution in [0.5, 0.6) is 0 Å². The van der Waals surface area contributed by atoms with Gasteiger partial charge in [-0.2, -0.15) is 0 Å². The van der Waals surface area contributed by atoms with Gasteiger partial charge < -0.3 is 16.0 Å². The van der Waals surface area contributed by atoms with Gasteiger partial charge >= 0.3 is 0 Å². The summed E-state index contributed by atoms with van der Waals surface area (Å²) in [5, 5.41) is 12.1. The van der Waals surface area contributed by atoms with Gasteiger partial charge in [0.15, 0.2) is 0 Å². The normalized spacial score (nSPS) is 18.5. The zero-order chi connectivity index (χ0) is 15.8. The molecule has 2 heterocycles. The van der Waals surface area contributed by atoms with Crippen LogP contribution in [0.15, 0.2) is 36.4 Å². The van der Waals surface area contributed by atoms with Crippen molar-refractivity contribution in [2.75, 3.05) is 18.9 Å². The molecule has 2 aromatic rings. The molecule has 4 rings (SSSR count). The second-order valence-corrected chi connectivity index (χ2v) is 6.14. The third-order valence-corrected chi connectivity index (χ3v) is 4.59. The van der Waals surface area contributed by atoms with Crippen molar-refractivity contribution in [2.45, 2.75) is 19.0 Å². The Morgan fingerprint density at radius 1 is 1.22 bits per heavy atom. The Kier molecular flexibility index (Phi) is 3.54. The van der Waals surface area contributed by atoms with Crippen LogP contribution in [0.2, 0.25) is 0 Å². The molecule has 2 aliphatic heterocycles. The maximum absolute atomic E-state index is 13.9. The molecule has 0 saturated carbocycles. The van der Waals surface area contributed by atoms with E-state index in [-0.39, 0.29) is 11.9 Å². The van der Waals surface area contributed by atoms with Crippen molar-refractivity contribution in [2.24, 2.45) is 0 Å². The summed E-state index contributed by atoms with van der Waals surface area (Å²) in [6.45, 7) is 1.74. The fourth-order valence-corrected chi connectivity index (χ4v) is 3.58. The van der Waals surface area contributed by atoms with E-state index in [2.05, 4.69) is 40.2 Å². The average molecular weight is 309 g/mol. The first-order valence-electron chi connectivity index (χ1n) is 8.02. The molecular weight excluding hydrogens is 289 g/mol. The smallest absolute Gasteiger partial charge is 0.125 e. The summed E-state index contributed by atoms with van der Waals surface area (Å²) in [6, 6.07) is 12.0. The number of hydrogen-bond acceptors (Lipinski definition) is 3. The molecule has 0 spiro atoms. The van der Waals surface area contributed by atoms with Crippen LogP contribution in [-0.4, -0.2) is 13.6 Å². The minimum absolute atomic E-state index is 0.127. The van der Waals surface area contributed by atoms with Crippen LogP contribution in [0.3, 0.4) is 0 Å². The first kappa shape index (κ1) is 14.3. The molecule has 0 aliphatic carbocycles. The monoisotopic (exact) mass is 309 g/mol. The van der Waals surface area contributed by atoms with E-state index in [9.17, 15) is 4.39 Å². The zero-order valence-corrected chi connectivity index (χ0v) is 13.1. The van der Waals surface area contributed by atoms with E-state index in [0.29, 0.717) is 0 Å². The largest absolute Gasteiger partial charge is 0.390 e. The Bertz CT molecular complexity index is 855. The summed E-state index contributed by atoms with van der Waals surface area (Å²) >= 11 is 0. The van der Waals surface area contributed by atoms with Crippen LogP contribution in [0.1, 0.15) is 23.6 Å². The highest BCUT2D eigenvalue weighted by molar-refractivity contribution is 5.73. The highest BCUT2D eigenvalue weighted by Gasteiger charge is 2.26. The molecule has 1 atom stereocenters. The van der Waals surface area contributed by atoms with Gasteiger partial charge in [-0.25, -0.2) is 4.39 Å². The lowest BCUT2D eigenvalue weighted by atomic mass is 9.96. The van der Waals surface area contributed by atoms with E-state index >= 15 is 0 Å². The second-order valence-electron chi connectivity index (χ2n) is 6.14. The van der Waals surface area contributed by atoms with Crippen LogP contribution in [0.4, 0.5) is 10.1 Å². The lowest BCUT2D eigenvalue weighted by Crippen LogP contribution is -2.27. The van der Waals surface area contributed by atoms with Gasteiger partial charge in [0.1, 0.15) is 5.82 Å². The van der Waals surface area contributed by atoms with Crippen molar-refractivity contribution in [1.82, 2.24) is 10.6 Å². The van der Waals surface area contributed by atoms with Gasteiger partial charge in [-0.3, -0.25) is 0 Å². The summed E-state index contributed by atoms with van der Waals surface area (Å²) in [5.41, 5.74) is 4.74. The van der Waals surface area contributed by atoms with Crippen LogP contribution < -0.4 is 26.4 Å².